The lowest BCUT2D eigenvalue weighted by molar-refractivity contribution is 0.567. The molecule has 1 heterocycles. The second-order valence-electron chi connectivity index (χ2n) is 5.70. The summed E-state index contributed by atoms with van der Waals surface area (Å²) in [4.78, 5) is 6.02. The number of aryl methyl sites for hydroxylation is 1. The summed E-state index contributed by atoms with van der Waals surface area (Å²) in [6, 6.07) is 6.29. The summed E-state index contributed by atoms with van der Waals surface area (Å²) in [5, 5.41) is 1.07. The number of benzene rings is 1. The number of hydrogen-bond donors (Lipinski definition) is 1. The van der Waals surface area contributed by atoms with Gasteiger partial charge < -0.3 is 5.73 Å². The Labute approximate surface area is 127 Å². The van der Waals surface area contributed by atoms with Crippen molar-refractivity contribution in [3.63, 3.8) is 0 Å². The zero-order valence-electron chi connectivity index (χ0n) is 11.7. The summed E-state index contributed by atoms with van der Waals surface area (Å²) in [5.41, 5.74) is 9.44. The van der Waals surface area contributed by atoms with E-state index in [1.807, 2.05) is 0 Å². The van der Waals surface area contributed by atoms with Crippen LogP contribution in [-0.2, 0) is 12.0 Å². The SMILES string of the molecule is Cc1cc(Br)ccc1-c1nc(C(C)(C)C)c(CN)s1. The van der Waals surface area contributed by atoms with Gasteiger partial charge in [-0.2, -0.15) is 0 Å². The van der Waals surface area contributed by atoms with Gasteiger partial charge in [0.1, 0.15) is 5.01 Å². The predicted molar refractivity (Wildman–Crippen MR) is 86.6 cm³/mol. The summed E-state index contributed by atoms with van der Waals surface area (Å²) in [5.74, 6) is 0. The normalized spacial score (nSPS) is 11.9. The van der Waals surface area contributed by atoms with E-state index in [-0.39, 0.29) is 5.41 Å². The van der Waals surface area contributed by atoms with Crippen LogP contribution >= 0.6 is 27.3 Å². The first kappa shape index (κ1) is 14.7. The van der Waals surface area contributed by atoms with Crippen LogP contribution in [0.25, 0.3) is 10.6 Å². The molecule has 2 nitrogen and oxygen atoms in total. The van der Waals surface area contributed by atoms with Gasteiger partial charge in [0.25, 0.3) is 0 Å². The Hall–Kier alpha value is -0.710. The van der Waals surface area contributed by atoms with Crippen LogP contribution in [0.15, 0.2) is 22.7 Å². The first-order chi connectivity index (χ1) is 8.82. The molecule has 0 aliphatic heterocycles. The van der Waals surface area contributed by atoms with Gasteiger partial charge in [-0.15, -0.1) is 11.3 Å². The minimum Gasteiger partial charge on any atom is -0.326 e. The fourth-order valence-electron chi connectivity index (χ4n) is 2.06. The van der Waals surface area contributed by atoms with Gasteiger partial charge in [0.05, 0.1) is 5.69 Å². The highest BCUT2D eigenvalue weighted by atomic mass is 79.9. The van der Waals surface area contributed by atoms with E-state index in [2.05, 4.69) is 61.8 Å². The van der Waals surface area contributed by atoms with Gasteiger partial charge in [0, 0.05) is 26.9 Å². The van der Waals surface area contributed by atoms with Gasteiger partial charge in [0.2, 0.25) is 0 Å². The predicted octanol–water partition coefficient (Wildman–Crippen LogP) is 4.64. The van der Waals surface area contributed by atoms with Crippen molar-refractivity contribution in [2.75, 3.05) is 0 Å². The van der Waals surface area contributed by atoms with Crippen LogP contribution in [0.5, 0.6) is 0 Å². The van der Waals surface area contributed by atoms with Crippen molar-refractivity contribution in [2.24, 2.45) is 5.73 Å². The molecule has 4 heteroatoms. The minimum absolute atomic E-state index is 0.0344. The summed E-state index contributed by atoms with van der Waals surface area (Å²) >= 11 is 5.20. The maximum atomic E-state index is 5.86. The third kappa shape index (κ3) is 3.07. The third-order valence-corrected chi connectivity index (χ3v) is 4.62. The second-order valence-corrected chi connectivity index (χ2v) is 7.70. The zero-order valence-corrected chi connectivity index (χ0v) is 14.2. The van der Waals surface area contributed by atoms with Gasteiger partial charge in [-0.1, -0.05) is 42.8 Å². The molecule has 1 aromatic heterocycles. The molecule has 0 spiro atoms. The van der Waals surface area contributed by atoms with Gasteiger partial charge in [-0.05, 0) is 24.6 Å². The van der Waals surface area contributed by atoms with E-state index in [4.69, 9.17) is 10.7 Å². The molecular formula is C15H19BrN2S. The average Bonchev–Trinajstić information content (AvgIpc) is 2.72. The van der Waals surface area contributed by atoms with E-state index >= 15 is 0 Å². The first-order valence-corrected chi connectivity index (χ1v) is 7.90. The largest absolute Gasteiger partial charge is 0.326 e. The van der Waals surface area contributed by atoms with Crippen LogP contribution in [0.3, 0.4) is 0 Å². The highest BCUT2D eigenvalue weighted by Crippen LogP contribution is 2.36. The van der Waals surface area contributed by atoms with Crippen molar-refractivity contribution in [1.82, 2.24) is 4.98 Å². The van der Waals surface area contributed by atoms with Crippen molar-refractivity contribution >= 4 is 27.3 Å². The summed E-state index contributed by atoms with van der Waals surface area (Å²) in [6.45, 7) is 9.21. The maximum absolute atomic E-state index is 5.86. The molecule has 0 bridgehead atoms. The molecule has 0 unspecified atom stereocenters. The molecule has 1 aromatic carbocycles. The molecule has 0 aliphatic carbocycles. The Morgan fingerprint density at radius 2 is 2.00 bits per heavy atom. The molecule has 2 N–H and O–H groups in total. The molecule has 0 fully saturated rings. The molecule has 0 aliphatic rings. The van der Waals surface area contributed by atoms with Gasteiger partial charge >= 0.3 is 0 Å². The first-order valence-electron chi connectivity index (χ1n) is 6.29. The van der Waals surface area contributed by atoms with E-state index < -0.39 is 0 Å². The Kier molecular flexibility index (Phi) is 4.14. The number of thiazole rings is 1. The molecule has 19 heavy (non-hydrogen) atoms. The topological polar surface area (TPSA) is 38.9 Å². The van der Waals surface area contributed by atoms with E-state index in [1.165, 1.54) is 16.0 Å². The van der Waals surface area contributed by atoms with Crippen LogP contribution in [0.1, 0.15) is 36.9 Å². The molecular weight excluding hydrogens is 320 g/mol. The van der Waals surface area contributed by atoms with Crippen LogP contribution in [0.2, 0.25) is 0 Å². The van der Waals surface area contributed by atoms with Crippen molar-refractivity contribution in [3.8, 4) is 10.6 Å². The highest BCUT2D eigenvalue weighted by Gasteiger charge is 2.23. The fraction of sp³-hybridized carbons (Fsp3) is 0.400. The van der Waals surface area contributed by atoms with E-state index in [9.17, 15) is 0 Å². The van der Waals surface area contributed by atoms with E-state index in [0.717, 1.165) is 15.2 Å². The highest BCUT2D eigenvalue weighted by molar-refractivity contribution is 9.10. The molecule has 2 aromatic rings. The fourth-order valence-corrected chi connectivity index (χ4v) is 3.77. The Morgan fingerprint density at radius 3 is 2.47 bits per heavy atom. The number of nitrogens with zero attached hydrogens (tertiary/aromatic N) is 1. The van der Waals surface area contributed by atoms with Gasteiger partial charge in [0.15, 0.2) is 0 Å². The van der Waals surface area contributed by atoms with Crippen molar-refractivity contribution in [1.29, 1.82) is 0 Å². The number of hydrogen-bond acceptors (Lipinski definition) is 3. The van der Waals surface area contributed by atoms with Crippen LogP contribution in [0.4, 0.5) is 0 Å². The Bertz CT molecular complexity index is 597. The van der Waals surface area contributed by atoms with E-state index in [1.54, 1.807) is 11.3 Å². The third-order valence-electron chi connectivity index (χ3n) is 3.01. The summed E-state index contributed by atoms with van der Waals surface area (Å²) in [6.07, 6.45) is 0. The van der Waals surface area contributed by atoms with Crippen molar-refractivity contribution < 1.29 is 0 Å². The smallest absolute Gasteiger partial charge is 0.124 e. The number of halogens is 1. The van der Waals surface area contributed by atoms with Crippen LogP contribution in [0, 0.1) is 6.92 Å². The summed E-state index contributed by atoms with van der Waals surface area (Å²) in [7, 11) is 0. The molecule has 2 rings (SSSR count). The summed E-state index contributed by atoms with van der Waals surface area (Å²) < 4.78 is 1.10. The molecule has 0 atom stereocenters. The lowest BCUT2D eigenvalue weighted by Crippen LogP contribution is -2.15. The monoisotopic (exact) mass is 338 g/mol. The minimum atomic E-state index is 0.0344. The van der Waals surface area contributed by atoms with Crippen LogP contribution < -0.4 is 5.73 Å². The zero-order chi connectivity index (χ0) is 14.2. The molecule has 0 saturated carbocycles. The van der Waals surface area contributed by atoms with Gasteiger partial charge in [-0.3, -0.25) is 0 Å². The molecule has 0 radical (unpaired) electrons. The lowest BCUT2D eigenvalue weighted by Gasteiger charge is -2.16. The van der Waals surface area contributed by atoms with Gasteiger partial charge in [-0.25, -0.2) is 4.98 Å². The van der Waals surface area contributed by atoms with Crippen molar-refractivity contribution in [3.05, 3.63) is 38.8 Å². The maximum Gasteiger partial charge on any atom is 0.124 e. The molecule has 0 saturated heterocycles. The average molecular weight is 339 g/mol. The van der Waals surface area contributed by atoms with Crippen molar-refractivity contribution in [2.45, 2.75) is 39.7 Å². The Balaban J connectivity index is 2.55. The number of rotatable bonds is 2. The van der Waals surface area contributed by atoms with Crippen LogP contribution in [-0.4, -0.2) is 4.98 Å². The lowest BCUT2D eigenvalue weighted by atomic mass is 9.91. The molecule has 102 valence electrons. The number of nitrogens with two attached hydrogens (primary N) is 1. The standard InChI is InChI=1S/C15H19BrN2S/c1-9-7-10(16)5-6-11(9)14-18-13(15(2,3)4)12(8-17)19-14/h5-7H,8,17H2,1-4H3. The van der Waals surface area contributed by atoms with E-state index in [0.29, 0.717) is 6.54 Å². The molecule has 0 amide bonds. The second kappa shape index (κ2) is 5.35. The quantitative estimate of drug-likeness (QED) is 0.866. The number of aromatic nitrogens is 1. The Morgan fingerprint density at radius 1 is 1.32 bits per heavy atom.